The third-order valence-electron chi connectivity index (χ3n) is 4.60. The molecule has 0 saturated carbocycles. The summed E-state index contributed by atoms with van der Waals surface area (Å²) in [5.41, 5.74) is 0.405. The van der Waals surface area contributed by atoms with Crippen molar-refractivity contribution >= 4 is 28.1 Å². The van der Waals surface area contributed by atoms with Crippen molar-refractivity contribution in [1.82, 2.24) is 4.98 Å². The Morgan fingerprint density at radius 1 is 1.07 bits per heavy atom. The zero-order valence-electron chi connectivity index (χ0n) is 14.7. The third-order valence-corrected chi connectivity index (χ3v) is 5.35. The average molecular weight is 403 g/mol. The van der Waals surface area contributed by atoms with Crippen molar-refractivity contribution in [3.05, 3.63) is 64.8 Å². The second kappa shape index (κ2) is 7.63. The highest BCUT2D eigenvalue weighted by molar-refractivity contribution is 7.14. The second-order valence-electron chi connectivity index (χ2n) is 6.43. The van der Waals surface area contributed by atoms with Gasteiger partial charge in [-0.05, 0) is 18.9 Å². The second-order valence-corrected chi connectivity index (χ2v) is 7.29. The van der Waals surface area contributed by atoms with Crippen molar-refractivity contribution in [2.75, 3.05) is 23.3 Å². The lowest BCUT2D eigenvalue weighted by Gasteiger charge is -2.20. The molecule has 4 nitrogen and oxygen atoms in total. The monoisotopic (exact) mass is 403 g/mol. The number of amides is 1. The first-order valence-corrected chi connectivity index (χ1v) is 9.67. The molecule has 144 valence electrons. The summed E-state index contributed by atoms with van der Waals surface area (Å²) in [6.45, 7) is 0.917. The predicted octanol–water partition coefficient (Wildman–Crippen LogP) is 5.08. The van der Waals surface area contributed by atoms with Crippen molar-refractivity contribution in [1.29, 1.82) is 0 Å². The van der Waals surface area contributed by atoms with Gasteiger partial charge in [0.15, 0.2) is 22.6 Å². The van der Waals surface area contributed by atoms with Crippen LogP contribution in [-0.4, -0.2) is 24.0 Å². The van der Waals surface area contributed by atoms with Gasteiger partial charge in [-0.3, -0.25) is 10.1 Å². The van der Waals surface area contributed by atoms with Crippen LogP contribution in [0.5, 0.6) is 0 Å². The number of nitrogens with zero attached hydrogens (tertiary/aromatic N) is 2. The first kappa shape index (κ1) is 18.5. The van der Waals surface area contributed by atoms with E-state index in [-0.39, 0.29) is 5.13 Å². The number of carbonyl (C=O) groups is 1. The maximum absolute atomic E-state index is 14.5. The zero-order valence-corrected chi connectivity index (χ0v) is 15.5. The van der Waals surface area contributed by atoms with Crippen LogP contribution in [0.15, 0.2) is 41.8 Å². The van der Waals surface area contributed by atoms with Crippen molar-refractivity contribution in [3.63, 3.8) is 0 Å². The number of benzene rings is 2. The number of anilines is 2. The van der Waals surface area contributed by atoms with Gasteiger partial charge in [0.25, 0.3) is 5.91 Å². The number of carbonyl (C=O) groups excluding carboxylic acids is 1. The van der Waals surface area contributed by atoms with E-state index >= 15 is 0 Å². The molecule has 1 N–H and O–H groups in total. The Morgan fingerprint density at radius 3 is 2.50 bits per heavy atom. The molecule has 0 aliphatic carbocycles. The van der Waals surface area contributed by atoms with Crippen molar-refractivity contribution in [3.8, 4) is 11.3 Å². The number of hydrogen-bond acceptors (Lipinski definition) is 4. The van der Waals surface area contributed by atoms with Gasteiger partial charge in [-0.15, -0.1) is 11.3 Å². The number of thiazole rings is 1. The van der Waals surface area contributed by atoms with Crippen LogP contribution in [0.4, 0.5) is 24.0 Å². The number of hydrogen-bond donors (Lipinski definition) is 1. The number of nitrogens with one attached hydrogen (secondary N) is 1. The fraction of sp³-hybridized carbons (Fsp3) is 0.200. The first-order chi connectivity index (χ1) is 13.5. The lowest BCUT2D eigenvalue weighted by Crippen LogP contribution is -2.23. The van der Waals surface area contributed by atoms with Crippen LogP contribution in [-0.2, 0) is 0 Å². The molecular formula is C20H16F3N3OS. The van der Waals surface area contributed by atoms with Crippen LogP contribution in [0, 0.1) is 17.5 Å². The molecule has 3 aromatic rings. The van der Waals surface area contributed by atoms with Gasteiger partial charge in [0.1, 0.15) is 5.69 Å². The van der Waals surface area contributed by atoms with E-state index < -0.39 is 34.6 Å². The summed E-state index contributed by atoms with van der Waals surface area (Å²) in [6.07, 6.45) is 1.58. The predicted molar refractivity (Wildman–Crippen MR) is 103 cm³/mol. The SMILES string of the molecule is O=C(Nc1nc(-c2ccccc2)cs1)c1cc(F)c(N2CCCC2)c(F)c1F. The Balaban J connectivity index is 1.58. The Morgan fingerprint density at radius 2 is 1.79 bits per heavy atom. The first-order valence-electron chi connectivity index (χ1n) is 8.79. The number of rotatable bonds is 4. The molecule has 28 heavy (non-hydrogen) atoms. The van der Waals surface area contributed by atoms with E-state index in [1.54, 1.807) is 5.38 Å². The van der Waals surface area contributed by atoms with Gasteiger partial charge in [-0.1, -0.05) is 30.3 Å². The van der Waals surface area contributed by atoms with Crippen LogP contribution in [0.3, 0.4) is 0 Å². The van der Waals surface area contributed by atoms with E-state index in [0.29, 0.717) is 18.8 Å². The minimum absolute atomic E-state index is 0.215. The molecule has 2 heterocycles. The molecular weight excluding hydrogens is 387 g/mol. The van der Waals surface area contributed by atoms with Crippen LogP contribution >= 0.6 is 11.3 Å². The van der Waals surface area contributed by atoms with Crippen LogP contribution in [0.1, 0.15) is 23.2 Å². The van der Waals surface area contributed by atoms with E-state index in [1.807, 2.05) is 30.3 Å². The highest BCUT2D eigenvalue weighted by Gasteiger charge is 2.27. The van der Waals surface area contributed by atoms with Gasteiger partial charge in [0, 0.05) is 24.0 Å². The van der Waals surface area contributed by atoms with Crippen LogP contribution < -0.4 is 10.2 Å². The summed E-state index contributed by atoms with van der Waals surface area (Å²) in [5, 5.41) is 4.36. The molecule has 0 bridgehead atoms. The fourth-order valence-electron chi connectivity index (χ4n) is 3.22. The molecule has 1 aromatic heterocycles. The van der Waals surface area contributed by atoms with Gasteiger partial charge in [-0.2, -0.15) is 0 Å². The zero-order chi connectivity index (χ0) is 19.7. The topological polar surface area (TPSA) is 45.2 Å². The fourth-order valence-corrected chi connectivity index (χ4v) is 3.93. The normalized spacial score (nSPS) is 13.8. The Kier molecular flexibility index (Phi) is 5.04. The van der Waals surface area contributed by atoms with E-state index in [9.17, 15) is 18.0 Å². The van der Waals surface area contributed by atoms with Gasteiger partial charge in [0.05, 0.1) is 11.3 Å². The molecule has 8 heteroatoms. The van der Waals surface area contributed by atoms with E-state index in [0.717, 1.165) is 35.8 Å². The van der Waals surface area contributed by atoms with Gasteiger partial charge in [0.2, 0.25) is 0 Å². The lowest BCUT2D eigenvalue weighted by molar-refractivity contribution is 0.102. The van der Waals surface area contributed by atoms with Gasteiger partial charge >= 0.3 is 0 Å². The Bertz CT molecular complexity index is 1020. The van der Waals surface area contributed by atoms with E-state index in [1.165, 1.54) is 4.90 Å². The molecule has 1 fully saturated rings. The van der Waals surface area contributed by atoms with Gasteiger partial charge < -0.3 is 4.90 Å². The Hall–Kier alpha value is -2.87. The molecule has 0 spiro atoms. The van der Waals surface area contributed by atoms with Crippen molar-refractivity contribution < 1.29 is 18.0 Å². The van der Waals surface area contributed by atoms with Crippen molar-refractivity contribution in [2.45, 2.75) is 12.8 Å². The minimum atomic E-state index is -1.36. The summed E-state index contributed by atoms with van der Waals surface area (Å²) < 4.78 is 43.3. The minimum Gasteiger partial charge on any atom is -0.367 e. The summed E-state index contributed by atoms with van der Waals surface area (Å²) in [6, 6.07) is 10.1. The average Bonchev–Trinajstić information content (AvgIpc) is 3.38. The summed E-state index contributed by atoms with van der Waals surface area (Å²) in [5.74, 6) is -4.59. The van der Waals surface area contributed by atoms with Crippen LogP contribution in [0.25, 0.3) is 11.3 Å². The van der Waals surface area contributed by atoms with Crippen molar-refractivity contribution in [2.24, 2.45) is 0 Å². The number of aromatic nitrogens is 1. The summed E-state index contributed by atoms with van der Waals surface area (Å²) in [7, 11) is 0. The standard InChI is InChI=1S/C20H16F3N3OS/c21-14-10-13(16(22)17(23)18(14)26-8-4-5-9-26)19(27)25-20-24-15(11-28-20)12-6-2-1-3-7-12/h1-3,6-7,10-11H,4-5,8-9H2,(H,24,25,27). The molecule has 1 aliphatic heterocycles. The van der Waals surface area contributed by atoms with Gasteiger partial charge in [-0.25, -0.2) is 18.2 Å². The molecule has 0 unspecified atom stereocenters. The maximum Gasteiger partial charge on any atom is 0.260 e. The van der Waals surface area contributed by atoms with E-state index in [4.69, 9.17) is 0 Å². The maximum atomic E-state index is 14.5. The third kappa shape index (κ3) is 3.47. The van der Waals surface area contributed by atoms with Crippen LogP contribution in [0.2, 0.25) is 0 Å². The quantitative estimate of drug-likeness (QED) is 0.618. The molecule has 1 amide bonds. The smallest absolute Gasteiger partial charge is 0.260 e. The molecule has 0 atom stereocenters. The van der Waals surface area contributed by atoms with E-state index in [2.05, 4.69) is 10.3 Å². The largest absolute Gasteiger partial charge is 0.367 e. The molecule has 2 aromatic carbocycles. The molecule has 4 rings (SSSR count). The highest BCUT2D eigenvalue weighted by atomic mass is 32.1. The highest BCUT2D eigenvalue weighted by Crippen LogP contribution is 2.31. The summed E-state index contributed by atoms with van der Waals surface area (Å²) >= 11 is 1.14. The molecule has 0 radical (unpaired) electrons. The Labute approximate surface area is 163 Å². The molecule has 1 saturated heterocycles. The summed E-state index contributed by atoms with van der Waals surface area (Å²) in [4.78, 5) is 18.1. The molecule has 1 aliphatic rings. The lowest BCUT2D eigenvalue weighted by atomic mass is 10.1. The number of halogens is 3.